The Balaban J connectivity index is 2.03. The number of carbonyl (C=O) groups excluding carboxylic acids is 2. The van der Waals surface area contributed by atoms with Crippen LogP contribution >= 0.6 is 0 Å². The van der Waals surface area contributed by atoms with Crippen LogP contribution in [-0.2, 0) is 14.3 Å². The van der Waals surface area contributed by atoms with Gasteiger partial charge >= 0.3 is 0 Å². The van der Waals surface area contributed by atoms with Gasteiger partial charge in [0.15, 0.2) is 0 Å². The van der Waals surface area contributed by atoms with Gasteiger partial charge in [-0.1, -0.05) is 0 Å². The number of rotatable bonds is 0. The first-order valence-corrected chi connectivity index (χ1v) is 4.48. The standard InChI is InChI=1S/C9H10O3/c10-4-3-5(11)9-7-2-1-6(12-7)8(4)9/h6-9H,1-3H2. The van der Waals surface area contributed by atoms with E-state index >= 15 is 0 Å². The summed E-state index contributed by atoms with van der Waals surface area (Å²) >= 11 is 0. The lowest BCUT2D eigenvalue weighted by atomic mass is 9.81. The first-order chi connectivity index (χ1) is 5.77. The van der Waals surface area contributed by atoms with Crippen molar-refractivity contribution in [3.05, 3.63) is 0 Å². The highest BCUT2D eigenvalue weighted by molar-refractivity contribution is 6.09. The first-order valence-electron chi connectivity index (χ1n) is 4.48. The molecule has 0 aromatic rings. The van der Waals surface area contributed by atoms with E-state index in [-0.39, 0.29) is 42.0 Å². The number of carbonyl (C=O) groups is 2. The highest BCUT2D eigenvalue weighted by atomic mass is 16.5. The fourth-order valence-electron chi connectivity index (χ4n) is 2.90. The van der Waals surface area contributed by atoms with Crippen LogP contribution in [-0.4, -0.2) is 23.8 Å². The number of hydrogen-bond acceptors (Lipinski definition) is 3. The van der Waals surface area contributed by atoms with Gasteiger partial charge in [-0.05, 0) is 12.8 Å². The Bertz CT molecular complexity index is 245. The summed E-state index contributed by atoms with van der Waals surface area (Å²) in [7, 11) is 0. The first kappa shape index (κ1) is 6.78. The summed E-state index contributed by atoms with van der Waals surface area (Å²) in [5.74, 6) is 0.127. The van der Waals surface area contributed by atoms with Crippen LogP contribution in [0.5, 0.6) is 0 Å². The van der Waals surface area contributed by atoms with Gasteiger partial charge < -0.3 is 4.74 Å². The average Bonchev–Trinajstić information content (AvgIpc) is 2.64. The van der Waals surface area contributed by atoms with Gasteiger partial charge in [0.25, 0.3) is 0 Å². The summed E-state index contributed by atoms with van der Waals surface area (Å²) in [6, 6.07) is 0. The molecule has 0 spiro atoms. The maximum atomic E-state index is 11.4. The van der Waals surface area contributed by atoms with Gasteiger partial charge in [0.1, 0.15) is 11.6 Å². The maximum Gasteiger partial charge on any atom is 0.146 e. The minimum Gasteiger partial charge on any atom is -0.373 e. The Morgan fingerprint density at radius 2 is 1.50 bits per heavy atom. The Labute approximate surface area is 70.1 Å². The maximum absolute atomic E-state index is 11.4. The highest BCUT2D eigenvalue weighted by Gasteiger charge is 2.58. The van der Waals surface area contributed by atoms with Crippen LogP contribution in [0.2, 0.25) is 0 Å². The number of Topliss-reactive ketones (excluding diaryl/α,β-unsaturated/α-hetero) is 2. The van der Waals surface area contributed by atoms with E-state index in [1.54, 1.807) is 0 Å². The van der Waals surface area contributed by atoms with Crippen LogP contribution in [0.4, 0.5) is 0 Å². The molecule has 3 heteroatoms. The van der Waals surface area contributed by atoms with Gasteiger partial charge in [-0.2, -0.15) is 0 Å². The van der Waals surface area contributed by atoms with Crippen molar-refractivity contribution < 1.29 is 14.3 Å². The lowest BCUT2D eigenvalue weighted by Gasteiger charge is -2.17. The van der Waals surface area contributed by atoms with E-state index in [1.807, 2.05) is 0 Å². The zero-order valence-electron chi connectivity index (χ0n) is 6.66. The minimum atomic E-state index is -0.0590. The van der Waals surface area contributed by atoms with Crippen molar-refractivity contribution in [3.8, 4) is 0 Å². The van der Waals surface area contributed by atoms with Crippen molar-refractivity contribution in [3.63, 3.8) is 0 Å². The summed E-state index contributed by atoms with van der Waals surface area (Å²) in [6.45, 7) is 0. The number of hydrogen-bond donors (Lipinski definition) is 0. The van der Waals surface area contributed by atoms with Gasteiger partial charge in [0.2, 0.25) is 0 Å². The molecule has 3 nitrogen and oxygen atoms in total. The highest BCUT2D eigenvalue weighted by Crippen LogP contribution is 2.48. The van der Waals surface area contributed by atoms with Crippen LogP contribution in [0.1, 0.15) is 19.3 Å². The molecule has 2 heterocycles. The lowest BCUT2D eigenvalue weighted by Crippen LogP contribution is -2.29. The van der Waals surface area contributed by atoms with Crippen LogP contribution in [0, 0.1) is 11.8 Å². The average molecular weight is 166 g/mol. The number of ketones is 2. The largest absolute Gasteiger partial charge is 0.373 e. The molecule has 0 radical (unpaired) electrons. The van der Waals surface area contributed by atoms with Gasteiger partial charge in [-0.25, -0.2) is 0 Å². The lowest BCUT2D eigenvalue weighted by molar-refractivity contribution is -0.125. The monoisotopic (exact) mass is 166 g/mol. The molecule has 12 heavy (non-hydrogen) atoms. The van der Waals surface area contributed by atoms with Gasteiger partial charge in [-0.3, -0.25) is 9.59 Å². The van der Waals surface area contributed by atoms with E-state index in [2.05, 4.69) is 0 Å². The normalized spacial score (nSPS) is 50.3. The smallest absolute Gasteiger partial charge is 0.146 e. The van der Waals surface area contributed by atoms with Crippen LogP contribution in [0.3, 0.4) is 0 Å². The van der Waals surface area contributed by atoms with E-state index in [1.165, 1.54) is 0 Å². The Hall–Kier alpha value is -0.700. The molecule has 3 fully saturated rings. The molecule has 1 saturated carbocycles. The second-order valence-electron chi connectivity index (χ2n) is 3.95. The van der Waals surface area contributed by atoms with Gasteiger partial charge in [0, 0.05) is 0 Å². The SMILES string of the molecule is O=C1CC(=O)C2C3CCC(O3)C12. The number of fused-ring (bicyclic) bond motifs is 5. The molecule has 2 aliphatic heterocycles. The zero-order valence-corrected chi connectivity index (χ0v) is 6.66. The summed E-state index contributed by atoms with van der Waals surface area (Å²) < 4.78 is 5.54. The molecule has 2 bridgehead atoms. The Morgan fingerprint density at radius 3 is 2.00 bits per heavy atom. The molecular formula is C9H10O3. The van der Waals surface area contributed by atoms with Crippen LogP contribution in [0.25, 0.3) is 0 Å². The van der Waals surface area contributed by atoms with E-state index in [0.29, 0.717) is 0 Å². The second kappa shape index (κ2) is 1.96. The molecular weight excluding hydrogens is 156 g/mol. The quantitative estimate of drug-likeness (QED) is 0.487. The van der Waals surface area contributed by atoms with Crippen molar-refractivity contribution >= 4 is 11.6 Å². The topological polar surface area (TPSA) is 43.4 Å². The van der Waals surface area contributed by atoms with Crippen LogP contribution < -0.4 is 0 Å². The van der Waals surface area contributed by atoms with Gasteiger partial charge in [-0.15, -0.1) is 0 Å². The van der Waals surface area contributed by atoms with E-state index < -0.39 is 0 Å². The van der Waals surface area contributed by atoms with E-state index in [4.69, 9.17) is 4.74 Å². The van der Waals surface area contributed by atoms with Crippen LogP contribution in [0.15, 0.2) is 0 Å². The third-order valence-corrected chi connectivity index (χ3v) is 3.37. The molecule has 3 rings (SSSR count). The molecule has 4 atom stereocenters. The van der Waals surface area contributed by atoms with Crippen molar-refractivity contribution in [2.45, 2.75) is 31.5 Å². The number of ether oxygens (including phenoxy) is 1. The predicted octanol–water partition coefficient (Wildman–Crippen LogP) is 0.322. The van der Waals surface area contributed by atoms with Gasteiger partial charge in [0.05, 0.1) is 30.5 Å². The molecule has 0 aromatic carbocycles. The zero-order chi connectivity index (χ0) is 8.29. The molecule has 2 saturated heterocycles. The summed E-state index contributed by atoms with van der Waals surface area (Å²) in [4.78, 5) is 22.7. The molecule has 0 aromatic heterocycles. The third kappa shape index (κ3) is 0.614. The molecule has 3 aliphatic rings. The third-order valence-electron chi connectivity index (χ3n) is 3.37. The molecule has 1 aliphatic carbocycles. The summed E-state index contributed by atoms with van der Waals surface area (Å²) in [5, 5.41) is 0. The fraction of sp³-hybridized carbons (Fsp3) is 0.778. The van der Waals surface area contributed by atoms with Crippen molar-refractivity contribution in [2.24, 2.45) is 11.8 Å². The summed E-state index contributed by atoms with van der Waals surface area (Å²) in [5.41, 5.74) is 0. The minimum absolute atomic E-state index is 0.0590. The van der Waals surface area contributed by atoms with Crippen molar-refractivity contribution in [2.75, 3.05) is 0 Å². The molecule has 0 N–H and O–H groups in total. The fourth-order valence-corrected chi connectivity index (χ4v) is 2.90. The van der Waals surface area contributed by atoms with E-state index in [9.17, 15) is 9.59 Å². The Morgan fingerprint density at radius 1 is 1.00 bits per heavy atom. The van der Waals surface area contributed by atoms with E-state index in [0.717, 1.165) is 12.8 Å². The predicted molar refractivity (Wildman–Crippen MR) is 39.5 cm³/mol. The van der Waals surface area contributed by atoms with Crippen molar-refractivity contribution in [1.82, 2.24) is 0 Å². The molecule has 4 unspecified atom stereocenters. The molecule has 0 amide bonds. The summed E-state index contributed by atoms with van der Waals surface area (Å²) in [6.07, 6.45) is 2.29. The molecule has 64 valence electrons. The Kier molecular flexibility index (Phi) is 1.11. The second-order valence-corrected chi connectivity index (χ2v) is 3.95. The van der Waals surface area contributed by atoms with Crippen molar-refractivity contribution in [1.29, 1.82) is 0 Å².